The second-order valence-electron chi connectivity index (χ2n) is 4.41. The molecule has 6 nitrogen and oxygen atoms in total. The quantitative estimate of drug-likeness (QED) is 0.660. The Bertz CT molecular complexity index is 659. The van der Waals surface area contributed by atoms with Crippen molar-refractivity contribution >= 4 is 17.3 Å². The van der Waals surface area contributed by atoms with Crippen LogP contribution in [0.4, 0.5) is 15.8 Å². The van der Waals surface area contributed by atoms with E-state index in [2.05, 4.69) is 20.0 Å². The standard InChI is InChI=1S/C14H15FN4O2/c1-8-5-18-9(6-17-8)7-19-13-3-10(14(20)21-2)12(16)4-11(13)15/h3-6,19H,7,16H2,1-2H3. The van der Waals surface area contributed by atoms with Gasteiger partial charge in [-0.3, -0.25) is 9.97 Å². The number of anilines is 2. The van der Waals surface area contributed by atoms with Gasteiger partial charge in [0.2, 0.25) is 0 Å². The molecule has 2 aromatic rings. The fourth-order valence-electron chi connectivity index (χ4n) is 1.71. The molecule has 0 atom stereocenters. The summed E-state index contributed by atoms with van der Waals surface area (Å²) < 4.78 is 18.4. The highest BCUT2D eigenvalue weighted by Crippen LogP contribution is 2.23. The molecule has 0 aliphatic carbocycles. The van der Waals surface area contributed by atoms with Gasteiger partial charge in [0.15, 0.2) is 0 Å². The van der Waals surface area contributed by atoms with Crippen molar-refractivity contribution in [3.8, 4) is 0 Å². The molecule has 0 saturated carbocycles. The van der Waals surface area contributed by atoms with Gasteiger partial charge >= 0.3 is 5.97 Å². The van der Waals surface area contributed by atoms with E-state index < -0.39 is 11.8 Å². The topological polar surface area (TPSA) is 90.1 Å². The van der Waals surface area contributed by atoms with Crippen LogP contribution in [-0.2, 0) is 11.3 Å². The molecular formula is C14H15FN4O2. The number of aromatic nitrogens is 2. The zero-order valence-corrected chi connectivity index (χ0v) is 11.7. The summed E-state index contributed by atoms with van der Waals surface area (Å²) in [6, 6.07) is 2.40. The third kappa shape index (κ3) is 3.44. The van der Waals surface area contributed by atoms with Crippen LogP contribution in [0.25, 0.3) is 0 Å². The fourth-order valence-corrected chi connectivity index (χ4v) is 1.71. The Morgan fingerprint density at radius 1 is 1.38 bits per heavy atom. The van der Waals surface area contributed by atoms with Crippen molar-refractivity contribution in [1.82, 2.24) is 9.97 Å². The van der Waals surface area contributed by atoms with Crippen LogP contribution in [0, 0.1) is 12.7 Å². The maximum atomic E-state index is 13.8. The largest absolute Gasteiger partial charge is 0.465 e. The van der Waals surface area contributed by atoms with Crippen LogP contribution in [0.2, 0.25) is 0 Å². The number of esters is 1. The molecule has 0 aliphatic heterocycles. The molecule has 0 spiro atoms. The van der Waals surface area contributed by atoms with Gasteiger partial charge in [-0.15, -0.1) is 0 Å². The van der Waals surface area contributed by atoms with E-state index in [1.807, 2.05) is 6.92 Å². The number of carbonyl (C=O) groups is 1. The first-order valence-corrected chi connectivity index (χ1v) is 6.20. The van der Waals surface area contributed by atoms with Crippen molar-refractivity contribution in [3.63, 3.8) is 0 Å². The number of ether oxygens (including phenoxy) is 1. The number of nitrogens with zero attached hydrogens (tertiary/aromatic N) is 2. The smallest absolute Gasteiger partial charge is 0.340 e. The Morgan fingerprint density at radius 2 is 2.14 bits per heavy atom. The lowest BCUT2D eigenvalue weighted by Gasteiger charge is -2.10. The summed E-state index contributed by atoms with van der Waals surface area (Å²) in [4.78, 5) is 19.8. The molecule has 0 radical (unpaired) electrons. The highest BCUT2D eigenvalue weighted by molar-refractivity contribution is 5.96. The summed E-state index contributed by atoms with van der Waals surface area (Å²) in [5.74, 6) is -1.18. The average Bonchev–Trinajstić information content (AvgIpc) is 2.47. The van der Waals surface area contributed by atoms with Gasteiger partial charge in [0.05, 0.1) is 42.5 Å². The predicted molar refractivity (Wildman–Crippen MR) is 76.2 cm³/mol. The highest BCUT2D eigenvalue weighted by Gasteiger charge is 2.14. The first kappa shape index (κ1) is 14.7. The highest BCUT2D eigenvalue weighted by atomic mass is 19.1. The summed E-state index contributed by atoms with van der Waals surface area (Å²) >= 11 is 0. The molecule has 3 N–H and O–H groups in total. The summed E-state index contributed by atoms with van der Waals surface area (Å²) in [6.07, 6.45) is 3.22. The zero-order valence-electron chi connectivity index (χ0n) is 11.7. The van der Waals surface area contributed by atoms with Crippen LogP contribution in [0.1, 0.15) is 21.7 Å². The molecule has 7 heteroatoms. The molecule has 0 bridgehead atoms. The zero-order chi connectivity index (χ0) is 15.4. The maximum absolute atomic E-state index is 13.8. The lowest BCUT2D eigenvalue weighted by atomic mass is 10.1. The Morgan fingerprint density at radius 3 is 2.76 bits per heavy atom. The molecule has 1 heterocycles. The third-order valence-electron chi connectivity index (χ3n) is 2.84. The normalized spacial score (nSPS) is 10.2. The number of rotatable bonds is 4. The van der Waals surface area contributed by atoms with Gasteiger partial charge < -0.3 is 15.8 Å². The molecule has 2 rings (SSSR count). The summed E-state index contributed by atoms with van der Waals surface area (Å²) in [5.41, 5.74) is 7.33. The molecule has 1 aromatic carbocycles. The second kappa shape index (κ2) is 6.17. The van der Waals surface area contributed by atoms with Gasteiger partial charge in [-0.1, -0.05) is 0 Å². The van der Waals surface area contributed by atoms with Crippen molar-refractivity contribution in [1.29, 1.82) is 0 Å². The monoisotopic (exact) mass is 290 g/mol. The number of methoxy groups -OCH3 is 1. The van der Waals surface area contributed by atoms with Gasteiger partial charge in [-0.05, 0) is 19.1 Å². The van der Waals surface area contributed by atoms with Gasteiger partial charge in [-0.25, -0.2) is 9.18 Å². The van der Waals surface area contributed by atoms with Crippen molar-refractivity contribution in [2.24, 2.45) is 0 Å². The number of hydrogen-bond donors (Lipinski definition) is 2. The van der Waals surface area contributed by atoms with E-state index in [4.69, 9.17) is 5.73 Å². The molecule has 0 unspecified atom stereocenters. The van der Waals surface area contributed by atoms with Gasteiger partial charge in [0.25, 0.3) is 0 Å². The minimum absolute atomic E-state index is 0.0278. The van der Waals surface area contributed by atoms with Crippen LogP contribution in [0.5, 0.6) is 0 Å². The van der Waals surface area contributed by atoms with Gasteiger partial charge in [-0.2, -0.15) is 0 Å². The number of aryl methyl sites for hydroxylation is 1. The molecule has 21 heavy (non-hydrogen) atoms. The SMILES string of the molecule is COC(=O)c1cc(NCc2cnc(C)cn2)c(F)cc1N. The number of hydrogen-bond acceptors (Lipinski definition) is 6. The number of nitrogens with one attached hydrogen (secondary N) is 1. The first-order valence-electron chi connectivity index (χ1n) is 6.20. The minimum Gasteiger partial charge on any atom is -0.465 e. The first-order chi connectivity index (χ1) is 10.0. The molecule has 0 aliphatic rings. The number of nitrogen functional groups attached to an aromatic ring is 1. The number of nitrogens with two attached hydrogens (primary N) is 1. The minimum atomic E-state index is -0.620. The lowest BCUT2D eigenvalue weighted by Crippen LogP contribution is -2.09. The van der Waals surface area contributed by atoms with E-state index in [9.17, 15) is 9.18 Å². The number of benzene rings is 1. The van der Waals surface area contributed by atoms with Crippen LogP contribution < -0.4 is 11.1 Å². The number of halogens is 1. The van der Waals surface area contributed by atoms with Crippen molar-refractivity contribution in [2.45, 2.75) is 13.5 Å². The predicted octanol–water partition coefficient (Wildman–Crippen LogP) is 1.91. The van der Waals surface area contributed by atoms with Crippen molar-refractivity contribution < 1.29 is 13.9 Å². The number of carbonyl (C=O) groups excluding carboxylic acids is 1. The van der Waals surface area contributed by atoms with Crippen LogP contribution in [0.15, 0.2) is 24.5 Å². The van der Waals surface area contributed by atoms with E-state index in [-0.39, 0.29) is 23.5 Å². The fraction of sp³-hybridized carbons (Fsp3) is 0.214. The van der Waals surface area contributed by atoms with Crippen molar-refractivity contribution in [3.05, 3.63) is 47.3 Å². The van der Waals surface area contributed by atoms with E-state index in [0.717, 1.165) is 11.8 Å². The second-order valence-corrected chi connectivity index (χ2v) is 4.41. The Hall–Kier alpha value is -2.70. The van der Waals surface area contributed by atoms with Gasteiger partial charge in [0, 0.05) is 11.9 Å². The summed E-state index contributed by atoms with van der Waals surface area (Å²) in [6.45, 7) is 2.10. The van der Waals surface area contributed by atoms with Crippen LogP contribution in [-0.4, -0.2) is 23.0 Å². The van der Waals surface area contributed by atoms with Crippen LogP contribution >= 0.6 is 0 Å². The summed E-state index contributed by atoms with van der Waals surface area (Å²) in [7, 11) is 1.24. The molecule has 1 aromatic heterocycles. The average molecular weight is 290 g/mol. The van der Waals surface area contributed by atoms with Crippen molar-refractivity contribution in [2.75, 3.05) is 18.2 Å². The van der Waals surface area contributed by atoms with E-state index in [1.54, 1.807) is 12.4 Å². The Labute approximate surface area is 121 Å². The Balaban J connectivity index is 2.19. The molecule has 0 saturated heterocycles. The van der Waals surface area contributed by atoms with E-state index >= 15 is 0 Å². The van der Waals surface area contributed by atoms with Crippen LogP contribution in [0.3, 0.4) is 0 Å². The molecular weight excluding hydrogens is 275 g/mol. The third-order valence-corrected chi connectivity index (χ3v) is 2.84. The molecule has 0 amide bonds. The molecule has 0 fully saturated rings. The Kier molecular flexibility index (Phi) is 4.32. The summed E-state index contributed by atoms with van der Waals surface area (Å²) in [5, 5.41) is 2.85. The lowest BCUT2D eigenvalue weighted by molar-refractivity contribution is 0.0602. The maximum Gasteiger partial charge on any atom is 0.340 e. The van der Waals surface area contributed by atoms with Gasteiger partial charge in [0.1, 0.15) is 5.82 Å². The van der Waals surface area contributed by atoms with E-state index in [1.165, 1.54) is 13.2 Å². The molecule has 110 valence electrons. The van der Waals surface area contributed by atoms with E-state index in [0.29, 0.717) is 5.69 Å².